The van der Waals surface area contributed by atoms with Crippen LogP contribution in [0.4, 0.5) is 5.69 Å². The number of benzene rings is 1. The summed E-state index contributed by atoms with van der Waals surface area (Å²) in [6.45, 7) is -0.167. The predicted molar refractivity (Wildman–Crippen MR) is 58.0 cm³/mol. The molecule has 15 heavy (non-hydrogen) atoms. The van der Waals surface area contributed by atoms with E-state index in [4.69, 9.17) is 26.0 Å². The molecular formula is C10H16N2O3. The van der Waals surface area contributed by atoms with Crippen molar-refractivity contribution in [2.24, 2.45) is 5.73 Å². The Balaban J connectivity index is 3.19. The number of anilines is 1. The molecule has 0 saturated carbocycles. The molecule has 1 aromatic rings. The Morgan fingerprint density at radius 3 is 2.27 bits per heavy atom. The highest BCUT2D eigenvalue weighted by molar-refractivity contribution is 5.59. The number of hydrogen-bond acceptors (Lipinski definition) is 5. The summed E-state index contributed by atoms with van der Waals surface area (Å²) >= 11 is 0. The Hall–Kier alpha value is -1.46. The lowest BCUT2D eigenvalue weighted by Crippen LogP contribution is -2.16. The van der Waals surface area contributed by atoms with Gasteiger partial charge in [0, 0.05) is 11.8 Å². The summed E-state index contributed by atoms with van der Waals surface area (Å²) in [7, 11) is 3.06. The Kier molecular flexibility index (Phi) is 3.76. The topological polar surface area (TPSA) is 90.7 Å². The molecule has 0 aliphatic carbocycles. The molecule has 0 aliphatic rings. The molecule has 5 N–H and O–H groups in total. The molecule has 0 spiro atoms. The zero-order valence-electron chi connectivity index (χ0n) is 8.86. The fourth-order valence-corrected chi connectivity index (χ4v) is 1.33. The largest absolute Gasteiger partial charge is 0.493 e. The number of ether oxygens (including phenoxy) is 2. The number of methoxy groups -OCH3 is 2. The van der Waals surface area contributed by atoms with Crippen LogP contribution in [0.15, 0.2) is 12.1 Å². The van der Waals surface area contributed by atoms with E-state index in [2.05, 4.69) is 0 Å². The number of aliphatic hydroxyl groups excluding tert-OH is 1. The average molecular weight is 212 g/mol. The number of aliphatic hydroxyl groups is 1. The van der Waals surface area contributed by atoms with Crippen molar-refractivity contribution in [2.45, 2.75) is 6.04 Å². The maximum Gasteiger partial charge on any atom is 0.162 e. The Morgan fingerprint density at radius 1 is 1.27 bits per heavy atom. The van der Waals surface area contributed by atoms with Gasteiger partial charge in [-0.15, -0.1) is 0 Å². The molecule has 5 heteroatoms. The standard InChI is InChI=1S/C10H16N2O3/c1-14-9-3-6(8(12)5-13)7(11)4-10(9)15-2/h3-4,8,13H,5,11-12H2,1-2H3/t8-/m0/s1. The molecule has 0 unspecified atom stereocenters. The average Bonchev–Trinajstić information content (AvgIpc) is 2.27. The van der Waals surface area contributed by atoms with Crippen LogP contribution in [-0.4, -0.2) is 25.9 Å². The summed E-state index contributed by atoms with van der Waals surface area (Å²) in [6, 6.07) is 2.79. The molecule has 0 aliphatic heterocycles. The third-order valence-corrected chi connectivity index (χ3v) is 2.19. The van der Waals surface area contributed by atoms with Crippen LogP contribution in [0.1, 0.15) is 11.6 Å². The number of nitrogens with two attached hydrogens (primary N) is 2. The molecule has 0 heterocycles. The first-order valence-corrected chi connectivity index (χ1v) is 4.51. The summed E-state index contributed by atoms with van der Waals surface area (Å²) in [5, 5.41) is 8.95. The van der Waals surface area contributed by atoms with E-state index in [1.54, 1.807) is 12.1 Å². The lowest BCUT2D eigenvalue weighted by molar-refractivity contribution is 0.267. The fraction of sp³-hybridized carbons (Fsp3) is 0.400. The van der Waals surface area contributed by atoms with E-state index >= 15 is 0 Å². The second-order valence-corrected chi connectivity index (χ2v) is 3.13. The smallest absolute Gasteiger partial charge is 0.162 e. The molecule has 0 amide bonds. The van der Waals surface area contributed by atoms with Crippen molar-refractivity contribution in [3.63, 3.8) is 0 Å². The minimum atomic E-state index is -0.509. The highest BCUT2D eigenvalue weighted by Gasteiger charge is 2.13. The van der Waals surface area contributed by atoms with Crippen molar-refractivity contribution in [1.29, 1.82) is 0 Å². The van der Waals surface area contributed by atoms with E-state index in [9.17, 15) is 0 Å². The number of rotatable bonds is 4. The van der Waals surface area contributed by atoms with Gasteiger partial charge in [-0.05, 0) is 11.6 Å². The maximum absolute atomic E-state index is 8.95. The lowest BCUT2D eigenvalue weighted by Gasteiger charge is -2.15. The van der Waals surface area contributed by atoms with E-state index < -0.39 is 6.04 Å². The van der Waals surface area contributed by atoms with Gasteiger partial charge in [0.15, 0.2) is 11.5 Å². The molecule has 1 rings (SSSR count). The van der Waals surface area contributed by atoms with Gasteiger partial charge in [-0.1, -0.05) is 0 Å². The second kappa shape index (κ2) is 4.86. The highest BCUT2D eigenvalue weighted by atomic mass is 16.5. The zero-order chi connectivity index (χ0) is 11.4. The minimum Gasteiger partial charge on any atom is -0.493 e. The Bertz CT molecular complexity index is 342. The lowest BCUT2D eigenvalue weighted by atomic mass is 10.1. The van der Waals surface area contributed by atoms with E-state index in [1.807, 2.05) is 0 Å². The number of hydrogen-bond donors (Lipinski definition) is 3. The van der Waals surface area contributed by atoms with E-state index in [0.717, 1.165) is 0 Å². The molecule has 1 atom stereocenters. The molecule has 84 valence electrons. The van der Waals surface area contributed by atoms with Crippen LogP contribution in [-0.2, 0) is 0 Å². The third kappa shape index (κ3) is 2.31. The van der Waals surface area contributed by atoms with Gasteiger partial charge in [-0.25, -0.2) is 0 Å². The SMILES string of the molecule is COc1cc(N)c([C@@H](N)CO)cc1OC. The molecule has 1 aromatic carbocycles. The second-order valence-electron chi connectivity index (χ2n) is 3.13. The van der Waals surface area contributed by atoms with Gasteiger partial charge >= 0.3 is 0 Å². The van der Waals surface area contributed by atoms with E-state index in [1.165, 1.54) is 14.2 Å². The van der Waals surface area contributed by atoms with Crippen LogP contribution in [0, 0.1) is 0 Å². The van der Waals surface area contributed by atoms with Crippen molar-refractivity contribution in [1.82, 2.24) is 0 Å². The molecular weight excluding hydrogens is 196 g/mol. The molecule has 0 radical (unpaired) electrons. The Morgan fingerprint density at radius 2 is 1.80 bits per heavy atom. The van der Waals surface area contributed by atoms with Crippen molar-refractivity contribution in [2.75, 3.05) is 26.6 Å². The minimum absolute atomic E-state index is 0.167. The van der Waals surface area contributed by atoms with E-state index in [-0.39, 0.29) is 6.61 Å². The number of nitrogen functional groups attached to an aromatic ring is 1. The first-order chi connectivity index (χ1) is 7.13. The van der Waals surface area contributed by atoms with Crippen LogP contribution >= 0.6 is 0 Å². The van der Waals surface area contributed by atoms with Crippen LogP contribution < -0.4 is 20.9 Å². The molecule has 0 bridgehead atoms. The van der Waals surface area contributed by atoms with Gasteiger partial charge in [0.25, 0.3) is 0 Å². The van der Waals surface area contributed by atoms with Gasteiger partial charge in [0.05, 0.1) is 26.9 Å². The van der Waals surface area contributed by atoms with Gasteiger partial charge in [-0.3, -0.25) is 0 Å². The summed E-state index contributed by atoms with van der Waals surface area (Å²) in [5.41, 5.74) is 12.6. The highest BCUT2D eigenvalue weighted by Crippen LogP contribution is 2.33. The molecule has 0 fully saturated rings. The van der Waals surface area contributed by atoms with Crippen LogP contribution in [0.25, 0.3) is 0 Å². The van der Waals surface area contributed by atoms with Crippen molar-refractivity contribution < 1.29 is 14.6 Å². The fourth-order valence-electron chi connectivity index (χ4n) is 1.33. The summed E-state index contributed by atoms with van der Waals surface area (Å²) in [6.07, 6.45) is 0. The monoisotopic (exact) mass is 212 g/mol. The van der Waals surface area contributed by atoms with Crippen molar-refractivity contribution in [3.05, 3.63) is 17.7 Å². The van der Waals surface area contributed by atoms with Gasteiger partial charge in [0.1, 0.15) is 0 Å². The maximum atomic E-state index is 8.95. The van der Waals surface area contributed by atoms with Crippen molar-refractivity contribution >= 4 is 5.69 Å². The quantitative estimate of drug-likeness (QED) is 0.623. The van der Waals surface area contributed by atoms with Gasteiger partial charge < -0.3 is 26.0 Å². The van der Waals surface area contributed by atoms with Crippen LogP contribution in [0.2, 0.25) is 0 Å². The first kappa shape index (κ1) is 11.6. The van der Waals surface area contributed by atoms with E-state index in [0.29, 0.717) is 22.7 Å². The zero-order valence-corrected chi connectivity index (χ0v) is 8.86. The molecule has 5 nitrogen and oxygen atoms in total. The third-order valence-electron chi connectivity index (χ3n) is 2.19. The van der Waals surface area contributed by atoms with Gasteiger partial charge in [-0.2, -0.15) is 0 Å². The van der Waals surface area contributed by atoms with Crippen LogP contribution in [0.3, 0.4) is 0 Å². The predicted octanol–water partition coefficient (Wildman–Crippen LogP) is 0.278. The van der Waals surface area contributed by atoms with Crippen molar-refractivity contribution in [3.8, 4) is 11.5 Å². The normalized spacial score (nSPS) is 12.3. The van der Waals surface area contributed by atoms with Gasteiger partial charge in [0.2, 0.25) is 0 Å². The summed E-state index contributed by atoms with van der Waals surface area (Å²) in [5.74, 6) is 1.09. The first-order valence-electron chi connectivity index (χ1n) is 4.51. The summed E-state index contributed by atoms with van der Waals surface area (Å²) < 4.78 is 10.2. The summed E-state index contributed by atoms with van der Waals surface area (Å²) in [4.78, 5) is 0. The van der Waals surface area contributed by atoms with Crippen LogP contribution in [0.5, 0.6) is 11.5 Å². The molecule has 0 saturated heterocycles. The molecule has 0 aromatic heterocycles. The Labute approximate surface area is 88.6 Å².